The number of hydrogen-bond acceptors (Lipinski definition) is 0. The van der Waals surface area contributed by atoms with E-state index in [1.165, 1.54) is 12.8 Å². The third kappa shape index (κ3) is 5.83. The molecule has 0 aromatic carbocycles. The van der Waals surface area contributed by atoms with Gasteiger partial charge in [-0.2, -0.15) is 12.1 Å². The molecule has 0 aromatic heterocycles. The fourth-order valence-corrected chi connectivity index (χ4v) is 1.13. The van der Waals surface area contributed by atoms with Crippen molar-refractivity contribution in [2.24, 2.45) is 0 Å². The van der Waals surface area contributed by atoms with Gasteiger partial charge < -0.3 is 26.3 Å². The Morgan fingerprint density at radius 2 is 1.09 bits per heavy atom. The molecule has 0 radical (unpaired) electrons. The quantitative estimate of drug-likeness (QED) is 0.609. The Bertz CT molecular complexity index is 68.5. The second-order valence-electron chi connectivity index (χ2n) is 2.50. The molecule has 2 unspecified atom stereocenters. The summed E-state index contributed by atoms with van der Waals surface area (Å²) in [5.74, 6) is 0. The van der Waals surface area contributed by atoms with Crippen LogP contribution in [0.15, 0.2) is 0 Å². The Labute approximate surface area is 85.4 Å². The number of rotatable bonds is 0. The van der Waals surface area contributed by atoms with Crippen LogP contribution in [-0.4, -0.2) is 12.1 Å². The predicted molar refractivity (Wildman–Crippen MR) is 47.5 cm³/mol. The first kappa shape index (κ1) is 17.6. The first-order chi connectivity index (χ1) is 3.80. The normalized spacial score (nSPS) is 28.9. The molecule has 1 fully saturated rings. The van der Waals surface area contributed by atoms with Crippen LogP contribution in [0.1, 0.15) is 25.7 Å². The van der Waals surface area contributed by atoms with E-state index >= 15 is 0 Å². The van der Waals surface area contributed by atoms with Gasteiger partial charge in [-0.1, -0.05) is 25.7 Å². The Balaban J connectivity index is -0.000000213. The summed E-state index contributed by atoms with van der Waals surface area (Å²) >= 11 is 0. The van der Waals surface area contributed by atoms with Crippen LogP contribution in [0, 0.1) is 14.9 Å². The minimum Gasteiger partial charge on any atom is -0.676 e. The van der Waals surface area contributed by atoms with E-state index in [-0.39, 0.29) is 48.0 Å². The van der Waals surface area contributed by atoms with Gasteiger partial charge in [0, 0.05) is 0 Å². The largest absolute Gasteiger partial charge is 4.00 e. The maximum absolute atomic E-state index is 7.29. The molecule has 0 bridgehead atoms. The Hall–Kier alpha value is 0.608. The van der Waals surface area contributed by atoms with Crippen molar-refractivity contribution in [1.82, 2.24) is 0 Å². The van der Waals surface area contributed by atoms with E-state index in [9.17, 15) is 0 Å². The molecule has 1 rings (SSSR count). The van der Waals surface area contributed by atoms with Crippen LogP contribution in [0.3, 0.4) is 0 Å². The molecule has 70 valence electrons. The van der Waals surface area contributed by atoms with Crippen molar-refractivity contribution in [2.75, 3.05) is 0 Å². The molecule has 0 spiro atoms. The zero-order chi connectivity index (χ0) is 5.98. The van der Waals surface area contributed by atoms with Crippen LogP contribution >= 0.6 is 0 Å². The minimum absolute atomic E-state index is 0. The van der Waals surface area contributed by atoms with Crippen LogP contribution in [0.5, 0.6) is 0 Å². The van der Waals surface area contributed by atoms with Crippen LogP contribution in [-0.2, 0) is 21.1 Å². The molecule has 1 aliphatic rings. The Morgan fingerprint density at radius 3 is 1.27 bits per heavy atom. The summed E-state index contributed by atoms with van der Waals surface area (Å²) in [6.07, 6.45) is 4.25. The molecule has 2 atom stereocenters. The van der Waals surface area contributed by atoms with Gasteiger partial charge in [0.25, 0.3) is 0 Å². The third-order valence-corrected chi connectivity index (χ3v) is 1.77. The van der Waals surface area contributed by atoms with Crippen molar-refractivity contribution in [3.05, 3.63) is 26.3 Å². The summed E-state index contributed by atoms with van der Waals surface area (Å²) in [5, 5.41) is 0. The molecule has 1 aliphatic carbocycles. The summed E-state index contributed by atoms with van der Waals surface area (Å²) in [5.41, 5.74) is 14.6. The zero-order valence-electron chi connectivity index (χ0n) is 7.30. The summed E-state index contributed by atoms with van der Waals surface area (Å²) in [4.78, 5) is 0. The van der Waals surface area contributed by atoms with Crippen molar-refractivity contribution in [3.63, 3.8) is 0 Å². The number of hydrogen-bond donors (Lipinski definition) is 0. The molecule has 11 heavy (non-hydrogen) atoms. The summed E-state index contributed by atoms with van der Waals surface area (Å²) < 4.78 is 0. The molecule has 2 nitrogen and oxygen atoms in total. The molecule has 0 saturated heterocycles. The van der Waals surface area contributed by atoms with Gasteiger partial charge in [0.15, 0.2) is 0 Å². The molecule has 0 aliphatic heterocycles. The maximum atomic E-state index is 7.29. The SMILES string of the molecule is [CH3-].[CH3-].[NH-]C1CCCCC1[NH-].[Pt+4]. The molecule has 1 saturated carbocycles. The second kappa shape index (κ2) is 8.70. The van der Waals surface area contributed by atoms with Gasteiger partial charge >= 0.3 is 21.1 Å². The molecular formula is C8H18N2Pt. The van der Waals surface area contributed by atoms with Gasteiger partial charge in [0.1, 0.15) is 0 Å². The van der Waals surface area contributed by atoms with Crippen molar-refractivity contribution < 1.29 is 21.1 Å². The summed E-state index contributed by atoms with van der Waals surface area (Å²) in [6.45, 7) is 0. The van der Waals surface area contributed by atoms with Crippen LogP contribution in [0.2, 0.25) is 0 Å². The van der Waals surface area contributed by atoms with E-state index in [0.717, 1.165) is 12.8 Å². The van der Waals surface area contributed by atoms with Gasteiger partial charge in [-0.25, -0.2) is 0 Å². The van der Waals surface area contributed by atoms with Crippen molar-refractivity contribution in [1.29, 1.82) is 0 Å². The monoisotopic (exact) mass is 337 g/mol. The average Bonchev–Trinajstić information content (AvgIpc) is 1.77. The van der Waals surface area contributed by atoms with E-state index in [0.29, 0.717) is 0 Å². The standard InChI is InChI=1S/C6H12N2.2CH3.Pt/c7-5-3-1-2-4-6(5)8;;;/h5-8H,1-4H2;2*1H3;/q-2;2*-1;+4. The van der Waals surface area contributed by atoms with Gasteiger partial charge in [-0.05, 0) is 0 Å². The maximum Gasteiger partial charge on any atom is 4.00 e. The van der Waals surface area contributed by atoms with Crippen LogP contribution in [0.4, 0.5) is 0 Å². The first-order valence-corrected chi connectivity index (χ1v) is 3.23. The van der Waals surface area contributed by atoms with Crippen LogP contribution in [0.25, 0.3) is 11.5 Å². The molecule has 2 N–H and O–H groups in total. The van der Waals surface area contributed by atoms with E-state index in [1.807, 2.05) is 0 Å². The average molecular weight is 337 g/mol. The Kier molecular flexibility index (Phi) is 13.9. The van der Waals surface area contributed by atoms with Crippen molar-refractivity contribution in [3.8, 4) is 0 Å². The Morgan fingerprint density at radius 1 is 0.818 bits per heavy atom. The summed E-state index contributed by atoms with van der Waals surface area (Å²) in [6, 6.07) is -0.160. The fourth-order valence-electron chi connectivity index (χ4n) is 1.13. The van der Waals surface area contributed by atoms with Crippen molar-refractivity contribution >= 4 is 0 Å². The smallest absolute Gasteiger partial charge is 0.676 e. The van der Waals surface area contributed by atoms with E-state index in [2.05, 4.69) is 0 Å². The predicted octanol–water partition coefficient (Wildman–Crippen LogP) is 3.30. The number of nitrogens with one attached hydrogen (secondary N) is 2. The first-order valence-electron chi connectivity index (χ1n) is 3.23. The fraction of sp³-hybridized carbons (Fsp3) is 0.750. The van der Waals surface area contributed by atoms with E-state index in [1.54, 1.807) is 0 Å². The third-order valence-electron chi connectivity index (χ3n) is 1.77. The van der Waals surface area contributed by atoms with Crippen molar-refractivity contribution in [2.45, 2.75) is 37.8 Å². The molecular weight excluding hydrogens is 319 g/mol. The minimum atomic E-state index is -0.0799. The van der Waals surface area contributed by atoms with E-state index < -0.39 is 0 Å². The summed E-state index contributed by atoms with van der Waals surface area (Å²) in [7, 11) is 0. The van der Waals surface area contributed by atoms with Gasteiger partial charge in [0.05, 0.1) is 0 Å². The van der Waals surface area contributed by atoms with Gasteiger partial charge in [0.2, 0.25) is 0 Å². The van der Waals surface area contributed by atoms with E-state index in [4.69, 9.17) is 11.5 Å². The van der Waals surface area contributed by atoms with Gasteiger partial charge in [-0.3, -0.25) is 0 Å². The molecule has 0 heterocycles. The molecule has 0 aromatic rings. The zero-order valence-corrected chi connectivity index (χ0v) is 9.57. The van der Waals surface area contributed by atoms with Gasteiger partial charge in [-0.15, -0.1) is 0 Å². The molecule has 3 heteroatoms. The second-order valence-corrected chi connectivity index (χ2v) is 2.50. The topological polar surface area (TPSA) is 47.6 Å². The van der Waals surface area contributed by atoms with Crippen LogP contribution < -0.4 is 0 Å². The molecule has 0 amide bonds.